The van der Waals surface area contributed by atoms with Crippen molar-refractivity contribution >= 4 is 52.2 Å². The fraction of sp³-hybridized carbons (Fsp3) is 0.368. The highest BCUT2D eigenvalue weighted by molar-refractivity contribution is 8.26. The first-order valence-electron chi connectivity index (χ1n) is 8.64. The lowest BCUT2D eigenvalue weighted by Crippen LogP contribution is -2.48. The summed E-state index contributed by atoms with van der Waals surface area (Å²) < 4.78 is 0.385. The molecule has 1 aliphatic heterocycles. The van der Waals surface area contributed by atoms with E-state index in [0.29, 0.717) is 22.1 Å². The number of aryl methyl sites for hydroxylation is 1. The second-order valence-corrected chi connectivity index (χ2v) is 7.90. The lowest BCUT2D eigenvalue weighted by molar-refractivity contribution is -0.308. The Morgan fingerprint density at radius 2 is 2.00 bits per heavy atom. The Bertz CT molecular complexity index is 774. The van der Waals surface area contributed by atoms with Gasteiger partial charge in [0.05, 0.1) is 16.9 Å². The van der Waals surface area contributed by atoms with E-state index >= 15 is 0 Å². The SMILES string of the molecule is CCC[C@@H](NC(=O)CCN1C(=O)/C(=C\c2ccc(C)cc2)SC1=S)C(=O)[O-]. The number of nitrogens with one attached hydrogen (secondary N) is 1. The third-order valence-electron chi connectivity index (χ3n) is 4.01. The largest absolute Gasteiger partial charge is 0.548 e. The minimum absolute atomic E-state index is 0.0300. The quantitative estimate of drug-likeness (QED) is 0.522. The molecule has 2 amide bonds. The lowest BCUT2D eigenvalue weighted by atomic mass is 10.1. The lowest BCUT2D eigenvalue weighted by Gasteiger charge is -2.20. The van der Waals surface area contributed by atoms with E-state index in [-0.39, 0.29) is 18.9 Å². The highest BCUT2D eigenvalue weighted by Gasteiger charge is 2.32. The summed E-state index contributed by atoms with van der Waals surface area (Å²) in [5.41, 5.74) is 2.03. The van der Waals surface area contributed by atoms with Gasteiger partial charge in [-0.2, -0.15) is 0 Å². The summed E-state index contributed by atoms with van der Waals surface area (Å²) in [7, 11) is 0. The van der Waals surface area contributed by atoms with Gasteiger partial charge in [0.2, 0.25) is 5.91 Å². The van der Waals surface area contributed by atoms with E-state index in [2.05, 4.69) is 5.32 Å². The predicted molar refractivity (Wildman–Crippen MR) is 108 cm³/mol. The molecule has 0 bridgehead atoms. The number of benzene rings is 1. The van der Waals surface area contributed by atoms with Crippen LogP contribution in [0.4, 0.5) is 0 Å². The summed E-state index contributed by atoms with van der Waals surface area (Å²) in [6.07, 6.45) is 2.65. The monoisotopic (exact) mass is 405 g/mol. The second-order valence-electron chi connectivity index (χ2n) is 6.22. The summed E-state index contributed by atoms with van der Waals surface area (Å²) in [4.78, 5) is 37.4. The third-order valence-corrected chi connectivity index (χ3v) is 5.39. The molecule has 0 unspecified atom stereocenters. The molecule has 1 heterocycles. The Morgan fingerprint density at radius 3 is 2.59 bits per heavy atom. The van der Waals surface area contributed by atoms with Gasteiger partial charge in [0.15, 0.2) is 0 Å². The Balaban J connectivity index is 1.96. The van der Waals surface area contributed by atoms with Gasteiger partial charge in [0, 0.05) is 13.0 Å². The van der Waals surface area contributed by atoms with Crippen molar-refractivity contribution in [3.8, 4) is 0 Å². The third kappa shape index (κ3) is 5.90. The predicted octanol–water partition coefficient (Wildman–Crippen LogP) is 1.62. The van der Waals surface area contributed by atoms with Crippen LogP contribution in [0.15, 0.2) is 29.2 Å². The molecule has 1 aromatic carbocycles. The van der Waals surface area contributed by atoms with E-state index in [1.54, 1.807) is 6.08 Å². The average Bonchev–Trinajstić information content (AvgIpc) is 2.88. The maximum absolute atomic E-state index is 12.5. The van der Waals surface area contributed by atoms with Crippen molar-refractivity contribution in [2.45, 2.75) is 39.2 Å². The molecule has 6 nitrogen and oxygen atoms in total. The molecule has 0 spiro atoms. The maximum atomic E-state index is 12.5. The number of carboxylic acids is 1. The number of rotatable bonds is 8. The number of hydrogen-bond donors (Lipinski definition) is 1. The number of carboxylic acid groups (broad SMARTS) is 1. The Morgan fingerprint density at radius 1 is 1.33 bits per heavy atom. The second kappa shape index (κ2) is 9.66. The first-order valence-corrected chi connectivity index (χ1v) is 9.86. The minimum Gasteiger partial charge on any atom is -0.548 e. The van der Waals surface area contributed by atoms with Gasteiger partial charge in [-0.25, -0.2) is 0 Å². The van der Waals surface area contributed by atoms with Gasteiger partial charge in [-0.3, -0.25) is 14.5 Å². The molecule has 1 atom stereocenters. The van der Waals surface area contributed by atoms with Crippen molar-refractivity contribution in [2.24, 2.45) is 0 Å². The van der Waals surface area contributed by atoms with Crippen LogP contribution in [0.25, 0.3) is 6.08 Å². The number of carbonyl (C=O) groups is 3. The average molecular weight is 406 g/mol. The topological polar surface area (TPSA) is 89.5 Å². The number of nitrogens with zero attached hydrogens (tertiary/aromatic N) is 1. The van der Waals surface area contributed by atoms with Crippen LogP contribution in [0.3, 0.4) is 0 Å². The van der Waals surface area contributed by atoms with Crippen molar-refractivity contribution < 1.29 is 19.5 Å². The van der Waals surface area contributed by atoms with Gasteiger partial charge in [-0.1, -0.05) is 67.2 Å². The van der Waals surface area contributed by atoms with Gasteiger partial charge in [0.1, 0.15) is 4.32 Å². The Kier molecular flexibility index (Phi) is 7.55. The first-order chi connectivity index (χ1) is 12.8. The summed E-state index contributed by atoms with van der Waals surface area (Å²) in [6, 6.07) is 6.74. The zero-order valence-corrected chi connectivity index (χ0v) is 16.8. The van der Waals surface area contributed by atoms with E-state index in [4.69, 9.17) is 12.2 Å². The van der Waals surface area contributed by atoms with E-state index < -0.39 is 17.9 Å². The molecule has 0 saturated carbocycles. The van der Waals surface area contributed by atoms with E-state index in [0.717, 1.165) is 11.1 Å². The molecule has 0 radical (unpaired) electrons. The number of hydrogen-bond acceptors (Lipinski definition) is 6. The molecule has 1 aliphatic rings. The van der Waals surface area contributed by atoms with Crippen LogP contribution in [0.1, 0.15) is 37.3 Å². The number of aliphatic carboxylic acids is 1. The summed E-state index contributed by atoms with van der Waals surface area (Å²) in [5, 5.41) is 13.4. The molecule has 0 aliphatic carbocycles. The molecule has 2 rings (SSSR count). The van der Waals surface area contributed by atoms with Crippen LogP contribution >= 0.6 is 24.0 Å². The molecule has 27 heavy (non-hydrogen) atoms. The summed E-state index contributed by atoms with van der Waals surface area (Å²) in [5.74, 6) is -2.01. The fourth-order valence-electron chi connectivity index (χ4n) is 2.52. The van der Waals surface area contributed by atoms with Crippen molar-refractivity contribution in [3.05, 3.63) is 40.3 Å². The smallest absolute Gasteiger partial charge is 0.266 e. The van der Waals surface area contributed by atoms with Crippen LogP contribution in [0, 0.1) is 6.92 Å². The molecule has 0 aromatic heterocycles. The van der Waals surface area contributed by atoms with E-state index in [9.17, 15) is 19.5 Å². The molecule has 144 valence electrons. The zero-order chi connectivity index (χ0) is 20.0. The van der Waals surface area contributed by atoms with Crippen molar-refractivity contribution in [1.82, 2.24) is 10.2 Å². The molecule has 1 N–H and O–H groups in total. The van der Waals surface area contributed by atoms with Crippen molar-refractivity contribution in [2.75, 3.05) is 6.54 Å². The Hall–Kier alpha value is -2.19. The molecule has 8 heteroatoms. The van der Waals surface area contributed by atoms with Crippen LogP contribution in [-0.2, 0) is 14.4 Å². The first kappa shape index (κ1) is 21.1. The fourth-order valence-corrected chi connectivity index (χ4v) is 3.83. The number of thiocarbonyl (C=S) groups is 1. The standard InChI is InChI=1S/C19H22N2O4S2/c1-3-4-14(18(24)25)20-16(22)9-10-21-17(23)15(27-19(21)26)11-13-7-5-12(2)6-8-13/h5-8,11,14H,3-4,9-10H2,1-2H3,(H,20,22)(H,24,25)/p-1/b15-11+/t14-/m1/s1. The van der Waals surface area contributed by atoms with Gasteiger partial charge in [-0.05, 0) is 25.0 Å². The maximum Gasteiger partial charge on any atom is 0.266 e. The molecule has 1 fully saturated rings. The number of amides is 2. The van der Waals surface area contributed by atoms with Gasteiger partial charge in [0.25, 0.3) is 5.91 Å². The number of thioether (sulfide) groups is 1. The van der Waals surface area contributed by atoms with E-state index in [1.165, 1.54) is 16.7 Å². The molecule has 1 aromatic rings. The van der Waals surface area contributed by atoms with Crippen molar-refractivity contribution in [3.63, 3.8) is 0 Å². The molecule has 1 saturated heterocycles. The zero-order valence-electron chi connectivity index (χ0n) is 15.2. The minimum atomic E-state index is -1.31. The van der Waals surface area contributed by atoms with Gasteiger partial charge in [-0.15, -0.1) is 0 Å². The molecular formula is C19H21N2O4S2-. The normalized spacial score (nSPS) is 16.7. The van der Waals surface area contributed by atoms with Crippen LogP contribution < -0.4 is 10.4 Å². The number of carbonyl (C=O) groups excluding carboxylic acids is 3. The molecular weight excluding hydrogens is 384 g/mol. The highest BCUT2D eigenvalue weighted by Crippen LogP contribution is 2.32. The van der Waals surface area contributed by atoms with Crippen LogP contribution in [0.2, 0.25) is 0 Å². The summed E-state index contributed by atoms with van der Waals surface area (Å²) >= 11 is 6.44. The summed E-state index contributed by atoms with van der Waals surface area (Å²) in [6.45, 7) is 3.91. The van der Waals surface area contributed by atoms with Crippen LogP contribution in [-0.4, -0.2) is 39.6 Å². The van der Waals surface area contributed by atoms with Gasteiger partial charge < -0.3 is 15.2 Å². The van der Waals surface area contributed by atoms with E-state index in [1.807, 2.05) is 38.1 Å². The highest BCUT2D eigenvalue weighted by atomic mass is 32.2. The van der Waals surface area contributed by atoms with Gasteiger partial charge >= 0.3 is 0 Å². The van der Waals surface area contributed by atoms with Crippen molar-refractivity contribution in [1.29, 1.82) is 0 Å². The van der Waals surface area contributed by atoms with Crippen LogP contribution in [0.5, 0.6) is 0 Å². The Labute approximate surface area is 168 Å².